The van der Waals surface area contributed by atoms with Crippen LogP contribution in [-0.2, 0) is 0 Å². The maximum absolute atomic E-state index is 2.34. The Bertz CT molecular complexity index is 457. The summed E-state index contributed by atoms with van der Waals surface area (Å²) in [5.41, 5.74) is 2.68. The van der Waals surface area contributed by atoms with Crippen molar-refractivity contribution in [3.8, 4) is 0 Å². The Hall–Kier alpha value is -1.60. The second-order valence-electron chi connectivity index (χ2n) is 3.80. The zero-order chi connectivity index (χ0) is 11.2. The molecule has 0 saturated heterocycles. The summed E-state index contributed by atoms with van der Waals surface area (Å²) in [6.07, 6.45) is 2.32. The normalized spacial score (nSPS) is 12.2. The average Bonchev–Trinajstić information content (AvgIpc) is 2.38. The van der Waals surface area contributed by atoms with Gasteiger partial charge in [0.05, 0.1) is 9.52 Å². The standard InChI is InChI=1S/C15H16Si/c1-16-15(14-10-6-3-7-11-14)12-13-8-4-2-5-9-13/h2-12H,16H2,1H3. The molecule has 0 N–H and O–H groups in total. The lowest BCUT2D eigenvalue weighted by molar-refractivity contribution is 1.63. The molecule has 0 nitrogen and oxygen atoms in total. The molecule has 0 aliphatic carbocycles. The smallest absolute Gasteiger partial charge is 0.0525 e. The zero-order valence-corrected chi connectivity index (χ0v) is 11.0. The summed E-state index contributed by atoms with van der Waals surface area (Å²) < 4.78 is 0. The maximum atomic E-state index is 2.34. The first-order chi connectivity index (χ1) is 7.90. The van der Waals surface area contributed by atoms with E-state index in [9.17, 15) is 0 Å². The van der Waals surface area contributed by atoms with Crippen molar-refractivity contribution in [1.82, 2.24) is 0 Å². The minimum absolute atomic E-state index is 0.153. The van der Waals surface area contributed by atoms with Crippen LogP contribution in [0, 0.1) is 0 Å². The molecule has 0 amide bonds. The minimum Gasteiger partial charge on any atom is -0.0708 e. The molecule has 0 heterocycles. The van der Waals surface area contributed by atoms with Gasteiger partial charge >= 0.3 is 0 Å². The van der Waals surface area contributed by atoms with E-state index >= 15 is 0 Å². The first-order valence-electron chi connectivity index (χ1n) is 5.71. The van der Waals surface area contributed by atoms with E-state index in [1.54, 1.807) is 0 Å². The van der Waals surface area contributed by atoms with Gasteiger partial charge in [0.1, 0.15) is 0 Å². The van der Waals surface area contributed by atoms with Gasteiger partial charge in [0, 0.05) is 0 Å². The predicted octanol–water partition coefficient (Wildman–Crippen LogP) is 3.40. The van der Waals surface area contributed by atoms with E-state index in [0.29, 0.717) is 0 Å². The molecule has 16 heavy (non-hydrogen) atoms. The van der Waals surface area contributed by atoms with Crippen LogP contribution in [0.1, 0.15) is 11.1 Å². The Kier molecular flexibility index (Phi) is 3.73. The Morgan fingerprint density at radius 3 is 2.00 bits per heavy atom. The van der Waals surface area contributed by atoms with Crippen LogP contribution >= 0.6 is 0 Å². The fourth-order valence-electron chi connectivity index (χ4n) is 1.79. The Labute approximate surface area is 99.5 Å². The number of hydrogen-bond donors (Lipinski definition) is 0. The second-order valence-corrected chi connectivity index (χ2v) is 5.27. The van der Waals surface area contributed by atoms with Gasteiger partial charge < -0.3 is 0 Å². The van der Waals surface area contributed by atoms with Crippen LogP contribution < -0.4 is 0 Å². The minimum atomic E-state index is -0.153. The van der Waals surface area contributed by atoms with Crippen LogP contribution in [0.2, 0.25) is 6.55 Å². The Balaban J connectivity index is 2.34. The second kappa shape index (κ2) is 5.47. The van der Waals surface area contributed by atoms with Crippen molar-refractivity contribution in [2.24, 2.45) is 0 Å². The third-order valence-electron chi connectivity index (χ3n) is 2.67. The third-order valence-corrected chi connectivity index (χ3v) is 4.04. The highest BCUT2D eigenvalue weighted by Crippen LogP contribution is 2.16. The molecule has 80 valence electrons. The Morgan fingerprint density at radius 1 is 0.875 bits per heavy atom. The lowest BCUT2D eigenvalue weighted by Crippen LogP contribution is -1.90. The number of rotatable bonds is 3. The lowest BCUT2D eigenvalue weighted by atomic mass is 10.1. The summed E-state index contributed by atoms with van der Waals surface area (Å²) in [5, 5.41) is 1.52. The third kappa shape index (κ3) is 2.71. The molecular weight excluding hydrogens is 208 g/mol. The van der Waals surface area contributed by atoms with Gasteiger partial charge in [-0.25, -0.2) is 0 Å². The predicted molar refractivity (Wildman–Crippen MR) is 75.2 cm³/mol. The summed E-state index contributed by atoms with van der Waals surface area (Å²) in [6, 6.07) is 21.2. The van der Waals surface area contributed by atoms with Crippen LogP contribution in [0.3, 0.4) is 0 Å². The van der Waals surface area contributed by atoms with Crippen LogP contribution in [0.15, 0.2) is 60.7 Å². The van der Waals surface area contributed by atoms with Crippen LogP contribution in [-0.4, -0.2) is 9.52 Å². The lowest BCUT2D eigenvalue weighted by Gasteiger charge is -2.04. The van der Waals surface area contributed by atoms with Crippen LogP contribution in [0.4, 0.5) is 0 Å². The molecule has 0 aliphatic heterocycles. The van der Waals surface area contributed by atoms with Gasteiger partial charge in [-0.3, -0.25) is 0 Å². The summed E-state index contributed by atoms with van der Waals surface area (Å²) in [7, 11) is -0.153. The molecule has 2 aromatic carbocycles. The van der Waals surface area contributed by atoms with Gasteiger partial charge in [-0.05, 0) is 11.1 Å². The van der Waals surface area contributed by atoms with Gasteiger partial charge in [0.25, 0.3) is 0 Å². The van der Waals surface area contributed by atoms with E-state index < -0.39 is 0 Å². The van der Waals surface area contributed by atoms with Gasteiger partial charge in [0.15, 0.2) is 0 Å². The topological polar surface area (TPSA) is 0 Å². The molecule has 0 aliphatic rings. The van der Waals surface area contributed by atoms with Crippen LogP contribution in [0.5, 0.6) is 0 Å². The molecule has 0 fully saturated rings. The summed E-state index contributed by atoms with van der Waals surface area (Å²) in [6.45, 7) is 2.34. The first-order valence-corrected chi connectivity index (χ1v) is 7.83. The molecule has 0 unspecified atom stereocenters. The number of benzene rings is 2. The highest BCUT2D eigenvalue weighted by atomic mass is 28.2. The number of hydrogen-bond acceptors (Lipinski definition) is 0. The molecule has 0 spiro atoms. The van der Waals surface area contributed by atoms with E-state index in [0.717, 1.165) is 0 Å². The van der Waals surface area contributed by atoms with Crippen molar-refractivity contribution in [3.63, 3.8) is 0 Å². The quantitative estimate of drug-likeness (QED) is 0.554. The Morgan fingerprint density at radius 2 is 1.44 bits per heavy atom. The average molecular weight is 224 g/mol. The van der Waals surface area contributed by atoms with Gasteiger partial charge in [-0.1, -0.05) is 78.5 Å². The van der Waals surface area contributed by atoms with Crippen molar-refractivity contribution in [2.75, 3.05) is 0 Å². The molecule has 2 rings (SSSR count). The van der Waals surface area contributed by atoms with E-state index in [2.05, 4.69) is 73.3 Å². The summed E-state index contributed by atoms with van der Waals surface area (Å²) in [5.74, 6) is 0. The largest absolute Gasteiger partial charge is 0.0708 e. The molecule has 0 aromatic heterocycles. The van der Waals surface area contributed by atoms with Crippen LogP contribution in [0.25, 0.3) is 11.3 Å². The maximum Gasteiger partial charge on any atom is 0.0525 e. The first kappa shape index (κ1) is 10.9. The fourth-order valence-corrected chi connectivity index (χ4v) is 2.88. The van der Waals surface area contributed by atoms with E-state index in [1.807, 2.05) is 0 Å². The SMILES string of the molecule is C[SiH2]C(=Cc1ccccc1)c1ccccc1. The van der Waals surface area contributed by atoms with Crippen molar-refractivity contribution < 1.29 is 0 Å². The van der Waals surface area contributed by atoms with E-state index in [-0.39, 0.29) is 9.52 Å². The van der Waals surface area contributed by atoms with Crippen molar-refractivity contribution >= 4 is 20.8 Å². The van der Waals surface area contributed by atoms with Crippen molar-refractivity contribution in [3.05, 3.63) is 71.8 Å². The summed E-state index contributed by atoms with van der Waals surface area (Å²) in [4.78, 5) is 0. The van der Waals surface area contributed by atoms with E-state index in [1.165, 1.54) is 16.3 Å². The van der Waals surface area contributed by atoms with Crippen molar-refractivity contribution in [1.29, 1.82) is 0 Å². The summed E-state index contributed by atoms with van der Waals surface area (Å²) >= 11 is 0. The van der Waals surface area contributed by atoms with Gasteiger partial charge in [0.2, 0.25) is 0 Å². The van der Waals surface area contributed by atoms with Gasteiger partial charge in [-0.2, -0.15) is 0 Å². The molecule has 2 aromatic rings. The molecule has 0 radical (unpaired) electrons. The molecule has 0 saturated carbocycles. The monoisotopic (exact) mass is 224 g/mol. The van der Waals surface area contributed by atoms with Crippen molar-refractivity contribution in [2.45, 2.75) is 6.55 Å². The molecule has 1 heteroatoms. The zero-order valence-electron chi connectivity index (χ0n) is 9.56. The molecular formula is C15H16Si. The highest BCUT2D eigenvalue weighted by Gasteiger charge is 1.98. The highest BCUT2D eigenvalue weighted by molar-refractivity contribution is 6.61. The van der Waals surface area contributed by atoms with E-state index in [4.69, 9.17) is 0 Å². The molecule has 0 atom stereocenters. The molecule has 0 bridgehead atoms. The fraction of sp³-hybridized carbons (Fsp3) is 0.0667. The van der Waals surface area contributed by atoms with Gasteiger partial charge in [-0.15, -0.1) is 0 Å².